The van der Waals surface area contributed by atoms with Gasteiger partial charge in [0.2, 0.25) is 0 Å². The van der Waals surface area contributed by atoms with E-state index in [0.717, 1.165) is 0 Å². The molecule has 2 atom stereocenters. The van der Waals surface area contributed by atoms with Crippen LogP contribution in [0.25, 0.3) is 0 Å². The zero-order chi connectivity index (χ0) is 9.14. The van der Waals surface area contributed by atoms with E-state index in [-0.39, 0.29) is 11.9 Å². The molecule has 0 amide bonds. The van der Waals surface area contributed by atoms with Crippen molar-refractivity contribution < 1.29 is 9.50 Å². The van der Waals surface area contributed by atoms with Gasteiger partial charge in [-0.3, -0.25) is 0 Å². The van der Waals surface area contributed by atoms with Crippen LogP contribution in [0.2, 0.25) is 0 Å². The quantitative estimate of drug-likeness (QED) is 0.699. The third-order valence-corrected chi connectivity index (χ3v) is 1.71. The van der Waals surface area contributed by atoms with Crippen molar-refractivity contribution in [3.63, 3.8) is 0 Å². The molecule has 0 aliphatic carbocycles. The predicted molar refractivity (Wildman–Crippen MR) is 45.0 cm³/mol. The van der Waals surface area contributed by atoms with Gasteiger partial charge in [0.15, 0.2) is 0 Å². The Morgan fingerprint density at radius 2 is 1.83 bits per heavy atom. The van der Waals surface area contributed by atoms with E-state index in [9.17, 15) is 9.50 Å². The number of halogens is 1. The number of aliphatic hydroxyl groups is 1. The molecule has 0 fully saturated rings. The molecule has 1 aromatic carbocycles. The Morgan fingerprint density at radius 3 is 2.25 bits per heavy atom. The summed E-state index contributed by atoms with van der Waals surface area (Å²) < 4.78 is 12.4. The fourth-order valence-electron chi connectivity index (χ4n) is 0.964. The number of hydrogen-bond donors (Lipinski definition) is 2. The highest BCUT2D eigenvalue weighted by Gasteiger charge is 2.11. The summed E-state index contributed by atoms with van der Waals surface area (Å²) in [6, 6.07) is 5.34. The van der Waals surface area contributed by atoms with Crippen LogP contribution in [0.3, 0.4) is 0 Å². The first kappa shape index (κ1) is 9.16. The molecule has 66 valence electrons. The van der Waals surface area contributed by atoms with Crippen molar-refractivity contribution in [3.05, 3.63) is 35.6 Å². The maximum atomic E-state index is 12.4. The topological polar surface area (TPSA) is 46.2 Å². The maximum Gasteiger partial charge on any atom is 0.123 e. The van der Waals surface area contributed by atoms with E-state index in [1.54, 1.807) is 6.92 Å². The third kappa shape index (κ3) is 2.03. The summed E-state index contributed by atoms with van der Waals surface area (Å²) in [5.74, 6) is -0.310. The van der Waals surface area contributed by atoms with E-state index in [2.05, 4.69) is 0 Å². The van der Waals surface area contributed by atoms with Gasteiger partial charge in [0.05, 0.1) is 6.10 Å². The molecule has 0 bridgehead atoms. The van der Waals surface area contributed by atoms with Gasteiger partial charge in [-0.15, -0.1) is 0 Å². The highest BCUT2D eigenvalue weighted by Crippen LogP contribution is 2.15. The second kappa shape index (κ2) is 3.65. The second-order valence-corrected chi connectivity index (χ2v) is 2.86. The van der Waals surface area contributed by atoms with Gasteiger partial charge in [0.1, 0.15) is 5.82 Å². The third-order valence-electron chi connectivity index (χ3n) is 1.71. The molecule has 3 N–H and O–H groups in total. The molecule has 0 aromatic heterocycles. The summed E-state index contributed by atoms with van der Waals surface area (Å²) in [4.78, 5) is 0. The number of aliphatic hydroxyl groups excluding tert-OH is 1. The number of benzene rings is 1. The molecule has 12 heavy (non-hydrogen) atoms. The molecule has 3 heteroatoms. The summed E-state index contributed by atoms with van der Waals surface area (Å²) in [5.41, 5.74) is 6.11. The van der Waals surface area contributed by atoms with Crippen molar-refractivity contribution in [2.24, 2.45) is 5.73 Å². The van der Waals surface area contributed by atoms with Gasteiger partial charge >= 0.3 is 0 Å². The molecule has 1 aromatic rings. The number of nitrogens with two attached hydrogens (primary N) is 1. The molecular weight excluding hydrogens is 157 g/mol. The molecule has 0 aliphatic rings. The van der Waals surface area contributed by atoms with Gasteiger partial charge in [-0.2, -0.15) is 0 Å². The van der Waals surface area contributed by atoms with Gasteiger partial charge in [0, 0.05) is 6.04 Å². The molecule has 0 spiro atoms. The normalized spacial score (nSPS) is 15.7. The Kier molecular flexibility index (Phi) is 2.78. The van der Waals surface area contributed by atoms with Crippen LogP contribution in [0, 0.1) is 5.82 Å². The molecule has 0 saturated heterocycles. The monoisotopic (exact) mass is 169 g/mol. The first-order valence-electron chi connectivity index (χ1n) is 3.80. The summed E-state index contributed by atoms with van der Waals surface area (Å²) in [7, 11) is 0. The van der Waals surface area contributed by atoms with Gasteiger partial charge in [-0.1, -0.05) is 12.1 Å². The van der Waals surface area contributed by atoms with E-state index in [1.165, 1.54) is 24.3 Å². The van der Waals surface area contributed by atoms with Crippen LogP contribution in [-0.4, -0.2) is 11.1 Å². The highest BCUT2D eigenvalue weighted by molar-refractivity contribution is 5.19. The smallest absolute Gasteiger partial charge is 0.123 e. The van der Waals surface area contributed by atoms with Crippen molar-refractivity contribution >= 4 is 0 Å². The average Bonchev–Trinajstić information content (AvgIpc) is 2.04. The van der Waals surface area contributed by atoms with E-state index in [0.29, 0.717) is 5.56 Å². The van der Waals surface area contributed by atoms with E-state index < -0.39 is 6.10 Å². The molecule has 0 aliphatic heterocycles. The predicted octanol–water partition coefficient (Wildman–Crippen LogP) is 1.21. The Labute approximate surface area is 70.8 Å². The van der Waals surface area contributed by atoms with Crippen LogP contribution in [0.15, 0.2) is 24.3 Å². The van der Waals surface area contributed by atoms with Crippen molar-refractivity contribution in [2.45, 2.75) is 19.1 Å². The van der Waals surface area contributed by atoms with E-state index >= 15 is 0 Å². The molecule has 0 radical (unpaired) electrons. The van der Waals surface area contributed by atoms with Gasteiger partial charge in [-0.05, 0) is 24.6 Å². The summed E-state index contributed by atoms with van der Waals surface area (Å²) in [6.45, 7) is 1.70. The molecule has 0 unspecified atom stereocenters. The largest absolute Gasteiger partial charge is 0.387 e. The minimum atomic E-state index is -0.717. The van der Waals surface area contributed by atoms with Crippen LogP contribution >= 0.6 is 0 Å². The minimum Gasteiger partial charge on any atom is -0.387 e. The standard InChI is InChI=1S/C9H12FNO/c1-6(11)9(12)7-2-4-8(10)5-3-7/h2-6,9,12H,11H2,1H3/t6-,9+/m0/s1. The lowest BCUT2D eigenvalue weighted by Crippen LogP contribution is -2.24. The Balaban J connectivity index is 2.82. The minimum absolute atomic E-state index is 0.310. The second-order valence-electron chi connectivity index (χ2n) is 2.86. The van der Waals surface area contributed by atoms with Crippen LogP contribution < -0.4 is 5.73 Å². The first-order valence-corrected chi connectivity index (χ1v) is 3.80. The fourth-order valence-corrected chi connectivity index (χ4v) is 0.964. The average molecular weight is 169 g/mol. The SMILES string of the molecule is C[C@H](N)[C@@H](O)c1ccc(F)cc1. The van der Waals surface area contributed by atoms with Crippen LogP contribution in [0.4, 0.5) is 4.39 Å². The van der Waals surface area contributed by atoms with Crippen LogP contribution in [-0.2, 0) is 0 Å². The fraction of sp³-hybridized carbons (Fsp3) is 0.333. The van der Waals surface area contributed by atoms with Gasteiger partial charge < -0.3 is 10.8 Å². The lowest BCUT2D eigenvalue weighted by Gasteiger charge is -2.14. The number of hydrogen-bond acceptors (Lipinski definition) is 2. The maximum absolute atomic E-state index is 12.4. The lowest BCUT2D eigenvalue weighted by molar-refractivity contribution is 0.153. The summed E-state index contributed by atoms with van der Waals surface area (Å²) in [5, 5.41) is 9.44. The van der Waals surface area contributed by atoms with Crippen LogP contribution in [0.1, 0.15) is 18.6 Å². The molecule has 1 rings (SSSR count). The van der Waals surface area contributed by atoms with Crippen LogP contribution in [0.5, 0.6) is 0 Å². The summed E-state index contributed by atoms with van der Waals surface area (Å²) >= 11 is 0. The Hall–Kier alpha value is -0.930. The first-order chi connectivity index (χ1) is 5.61. The van der Waals surface area contributed by atoms with E-state index in [4.69, 9.17) is 5.73 Å². The van der Waals surface area contributed by atoms with Gasteiger partial charge in [-0.25, -0.2) is 4.39 Å². The number of rotatable bonds is 2. The van der Waals surface area contributed by atoms with Crippen molar-refractivity contribution in [1.29, 1.82) is 0 Å². The van der Waals surface area contributed by atoms with Crippen molar-refractivity contribution in [2.75, 3.05) is 0 Å². The molecule has 0 saturated carbocycles. The Bertz CT molecular complexity index is 245. The zero-order valence-electron chi connectivity index (χ0n) is 6.87. The highest BCUT2D eigenvalue weighted by atomic mass is 19.1. The van der Waals surface area contributed by atoms with Gasteiger partial charge in [0.25, 0.3) is 0 Å². The summed E-state index contributed by atoms with van der Waals surface area (Å²) in [6.07, 6.45) is -0.717. The molecule has 2 nitrogen and oxygen atoms in total. The lowest BCUT2D eigenvalue weighted by atomic mass is 10.0. The molecule has 0 heterocycles. The van der Waals surface area contributed by atoms with Crippen molar-refractivity contribution in [3.8, 4) is 0 Å². The van der Waals surface area contributed by atoms with E-state index in [1.807, 2.05) is 0 Å². The van der Waals surface area contributed by atoms with Crippen molar-refractivity contribution in [1.82, 2.24) is 0 Å². The Morgan fingerprint density at radius 1 is 1.33 bits per heavy atom. The zero-order valence-corrected chi connectivity index (χ0v) is 6.87. The molecular formula is C9H12FNO.